The number of methoxy groups -OCH3 is 7. The predicted octanol–water partition coefficient (Wildman–Crippen LogP) is 6.26. The molecule has 1 unspecified atom stereocenters. The van der Waals surface area contributed by atoms with E-state index in [1.807, 2.05) is 30.3 Å². The van der Waals surface area contributed by atoms with Crippen molar-refractivity contribution in [1.29, 1.82) is 0 Å². The van der Waals surface area contributed by atoms with Gasteiger partial charge in [-0.3, -0.25) is 14.4 Å². The summed E-state index contributed by atoms with van der Waals surface area (Å²) in [6.07, 6.45) is -0.234. The third-order valence-corrected chi connectivity index (χ3v) is 10.9. The maximum atomic E-state index is 15.5. The molecule has 0 saturated carbocycles. The van der Waals surface area contributed by atoms with Crippen molar-refractivity contribution in [2.24, 2.45) is 11.8 Å². The van der Waals surface area contributed by atoms with Crippen molar-refractivity contribution in [2.45, 2.75) is 58.2 Å². The van der Waals surface area contributed by atoms with Crippen molar-refractivity contribution in [1.82, 2.24) is 4.90 Å². The molecule has 314 valence electrons. The predicted molar refractivity (Wildman–Crippen MR) is 216 cm³/mol. The number of piperidine rings is 1. The van der Waals surface area contributed by atoms with Gasteiger partial charge in [-0.1, -0.05) is 36.4 Å². The van der Waals surface area contributed by atoms with Crippen LogP contribution in [-0.2, 0) is 36.7 Å². The fourth-order valence-electron chi connectivity index (χ4n) is 8.55. The van der Waals surface area contributed by atoms with E-state index in [9.17, 15) is 9.59 Å². The van der Waals surface area contributed by atoms with Crippen LogP contribution in [0.25, 0.3) is 10.8 Å². The zero-order chi connectivity index (χ0) is 42.9. The largest absolute Gasteiger partial charge is 0.496 e. The van der Waals surface area contributed by atoms with Crippen molar-refractivity contribution < 1.29 is 61.8 Å². The third kappa shape index (κ3) is 7.52. The molecular weight excluding hydrogens is 762 g/mol. The van der Waals surface area contributed by atoms with E-state index in [-0.39, 0.29) is 35.8 Å². The Labute approximate surface area is 343 Å². The molecule has 2 heterocycles. The average Bonchev–Trinajstić information content (AvgIpc) is 3.21. The lowest BCUT2D eigenvalue weighted by atomic mass is 9.72. The summed E-state index contributed by atoms with van der Waals surface area (Å²) in [5.41, 5.74) is 1.25. The van der Waals surface area contributed by atoms with E-state index < -0.39 is 59.8 Å². The molecule has 2 aliphatic heterocycles. The molecule has 0 aliphatic carbocycles. The molecule has 1 amide bonds. The third-order valence-electron chi connectivity index (χ3n) is 10.9. The van der Waals surface area contributed by atoms with Crippen LogP contribution in [0.1, 0.15) is 59.4 Å². The van der Waals surface area contributed by atoms with Gasteiger partial charge in [0.15, 0.2) is 28.8 Å². The van der Waals surface area contributed by atoms with E-state index in [0.29, 0.717) is 50.5 Å². The minimum atomic E-state index is -1.53. The van der Waals surface area contributed by atoms with Gasteiger partial charge in [0.05, 0.1) is 73.3 Å². The first-order valence-corrected chi connectivity index (χ1v) is 19.1. The van der Waals surface area contributed by atoms with Crippen LogP contribution < -0.4 is 33.2 Å². The van der Waals surface area contributed by atoms with Crippen LogP contribution in [0.3, 0.4) is 0 Å². The summed E-state index contributed by atoms with van der Waals surface area (Å²) in [7, 11) is 10.2. The Bertz CT molecular complexity index is 2290. The molecule has 4 aromatic rings. The maximum absolute atomic E-state index is 15.5. The summed E-state index contributed by atoms with van der Waals surface area (Å²) in [5.74, 6) is -3.50. The summed E-state index contributed by atoms with van der Waals surface area (Å²) in [6, 6.07) is 12.0. The SMILES string of the molecule is COc1cc(C[C@H]2C(=O)N3[C@H](Cc4c(OC)c(OC)c(OC)c(OC)c4[C@H]3COC(=O)c3cccc4ccccc34)C(=O)C2C(=O)OC(C)(C)C)c(OC)c(C)c1OC. The Morgan fingerprint density at radius 1 is 0.746 bits per heavy atom. The lowest BCUT2D eigenvalue weighted by molar-refractivity contribution is -0.176. The van der Waals surface area contributed by atoms with Gasteiger partial charge in [-0.25, -0.2) is 4.79 Å². The Morgan fingerprint density at radius 2 is 1.36 bits per heavy atom. The van der Waals surface area contributed by atoms with Crippen LogP contribution in [0.15, 0.2) is 48.5 Å². The lowest BCUT2D eigenvalue weighted by Gasteiger charge is -2.49. The number of ketones is 1. The molecule has 1 saturated heterocycles. The van der Waals surface area contributed by atoms with Crippen molar-refractivity contribution >= 4 is 34.4 Å². The Morgan fingerprint density at radius 3 is 1.97 bits per heavy atom. The molecule has 59 heavy (non-hydrogen) atoms. The highest BCUT2D eigenvalue weighted by molar-refractivity contribution is 6.10. The zero-order valence-corrected chi connectivity index (χ0v) is 35.3. The van der Waals surface area contributed by atoms with E-state index in [1.165, 1.54) is 54.7 Å². The lowest BCUT2D eigenvalue weighted by Crippen LogP contribution is -2.63. The van der Waals surface area contributed by atoms with E-state index in [0.717, 1.165) is 5.39 Å². The van der Waals surface area contributed by atoms with Crippen LogP contribution in [0.5, 0.6) is 40.2 Å². The van der Waals surface area contributed by atoms with Gasteiger partial charge >= 0.3 is 11.9 Å². The molecule has 1 fully saturated rings. The number of ether oxygens (including phenoxy) is 9. The summed E-state index contributed by atoms with van der Waals surface area (Å²) < 4.78 is 52.5. The quantitative estimate of drug-likeness (QED) is 0.110. The zero-order valence-electron chi connectivity index (χ0n) is 35.3. The van der Waals surface area contributed by atoms with Gasteiger partial charge in [-0.15, -0.1) is 0 Å². The molecule has 0 aromatic heterocycles. The van der Waals surface area contributed by atoms with E-state index in [2.05, 4.69) is 0 Å². The van der Waals surface area contributed by atoms with Gasteiger partial charge in [0.2, 0.25) is 17.4 Å². The number of esters is 2. The molecule has 6 rings (SSSR count). The van der Waals surface area contributed by atoms with Gasteiger partial charge in [-0.2, -0.15) is 0 Å². The Hall–Kier alpha value is -6.18. The molecule has 4 atom stereocenters. The van der Waals surface area contributed by atoms with E-state index >= 15 is 9.59 Å². The first-order valence-electron chi connectivity index (χ1n) is 19.1. The summed E-state index contributed by atoms with van der Waals surface area (Å²) in [4.78, 5) is 60.4. The minimum Gasteiger partial charge on any atom is -0.496 e. The van der Waals surface area contributed by atoms with Crippen molar-refractivity contribution in [2.75, 3.05) is 56.4 Å². The van der Waals surface area contributed by atoms with Crippen molar-refractivity contribution in [3.05, 3.63) is 76.3 Å². The molecule has 0 N–H and O–H groups in total. The number of carbonyl (C=O) groups is 4. The first-order chi connectivity index (χ1) is 28.2. The highest BCUT2D eigenvalue weighted by atomic mass is 16.6. The van der Waals surface area contributed by atoms with Gasteiger partial charge in [0.25, 0.3) is 0 Å². The van der Waals surface area contributed by atoms with Crippen LogP contribution in [0, 0.1) is 18.8 Å². The topological polar surface area (TPSA) is 155 Å². The molecule has 14 nitrogen and oxygen atoms in total. The molecule has 0 spiro atoms. The summed E-state index contributed by atoms with van der Waals surface area (Å²) in [5, 5.41) is 1.51. The van der Waals surface area contributed by atoms with Crippen molar-refractivity contribution in [3.63, 3.8) is 0 Å². The highest BCUT2D eigenvalue weighted by Crippen LogP contribution is 2.56. The molecular formula is C45H51NO13. The second kappa shape index (κ2) is 17.0. The highest BCUT2D eigenvalue weighted by Gasteiger charge is 2.57. The number of benzene rings is 4. The van der Waals surface area contributed by atoms with Crippen LogP contribution in [0.2, 0.25) is 0 Å². The number of amides is 1. The maximum Gasteiger partial charge on any atom is 0.338 e. The van der Waals surface area contributed by atoms with Crippen LogP contribution in [0.4, 0.5) is 0 Å². The number of carbonyl (C=O) groups excluding carboxylic acids is 4. The number of rotatable bonds is 13. The van der Waals surface area contributed by atoms with E-state index in [1.54, 1.807) is 45.9 Å². The van der Waals surface area contributed by atoms with Gasteiger partial charge < -0.3 is 47.5 Å². The number of Topliss-reactive ketones (excluding diaryl/α,β-unsaturated/α-hetero) is 1. The molecule has 0 bridgehead atoms. The van der Waals surface area contributed by atoms with Gasteiger partial charge in [0.1, 0.15) is 23.9 Å². The molecule has 14 heteroatoms. The van der Waals surface area contributed by atoms with Crippen molar-refractivity contribution in [3.8, 4) is 40.2 Å². The first kappa shape index (κ1) is 42.4. The standard InChI is InChI=1S/C45H51NO13/c1-23-36(52-6)25(20-32(51-5)37(23)53-7)19-29-34(44(50)59-45(2,3)4)35(47)30-21-28-33(39(55-9)41(57-11)40(56-10)38(28)54-8)31(46(30)42(29)48)22-58-43(49)27-18-14-16-24-15-12-13-17-26(24)27/h12-18,20,29-31,34H,19,21-22H2,1-11H3/t29-,30-,31-,34?/m1/s1. The molecule has 4 aromatic carbocycles. The minimum absolute atomic E-state index is 0.0988. The fourth-order valence-corrected chi connectivity index (χ4v) is 8.55. The summed E-state index contributed by atoms with van der Waals surface area (Å²) >= 11 is 0. The summed E-state index contributed by atoms with van der Waals surface area (Å²) in [6.45, 7) is 6.44. The number of fused-ring (bicyclic) bond motifs is 3. The van der Waals surface area contributed by atoms with Crippen LogP contribution >= 0.6 is 0 Å². The number of hydrogen-bond acceptors (Lipinski definition) is 13. The Balaban J connectivity index is 1.56. The fraction of sp³-hybridized carbons (Fsp3) is 0.422. The smallest absolute Gasteiger partial charge is 0.338 e. The van der Waals surface area contributed by atoms with Gasteiger partial charge in [0, 0.05) is 23.1 Å². The monoisotopic (exact) mass is 813 g/mol. The molecule has 2 aliphatic rings. The van der Waals surface area contributed by atoms with E-state index in [4.69, 9.17) is 42.6 Å². The van der Waals surface area contributed by atoms with Gasteiger partial charge in [-0.05, 0) is 62.6 Å². The van der Waals surface area contributed by atoms with Crippen LogP contribution in [-0.4, -0.2) is 96.5 Å². The average molecular weight is 814 g/mol. The Kier molecular flexibility index (Phi) is 12.2. The normalized spacial score (nSPS) is 18.7. The number of hydrogen-bond donors (Lipinski definition) is 0. The second-order valence-electron chi connectivity index (χ2n) is 15.3. The molecule has 0 radical (unpaired) electrons. The number of nitrogens with zero attached hydrogens (tertiary/aromatic N) is 1. The second-order valence-corrected chi connectivity index (χ2v) is 15.3.